The molecular formula is C4H7N4O2+. The molecule has 0 fully saturated rings. The molecule has 0 aromatic carbocycles. The fourth-order valence-corrected chi connectivity index (χ4v) is 0.733. The summed E-state index contributed by atoms with van der Waals surface area (Å²) >= 11 is 0. The van der Waals surface area contributed by atoms with Gasteiger partial charge in [0.25, 0.3) is 0 Å². The maximum Gasteiger partial charge on any atom is 0.532 e. The maximum absolute atomic E-state index is 10.2. The van der Waals surface area contributed by atoms with Crippen molar-refractivity contribution in [3.8, 4) is 0 Å². The summed E-state index contributed by atoms with van der Waals surface area (Å²) in [5, 5.41) is 13.9. The summed E-state index contributed by atoms with van der Waals surface area (Å²) in [7, 11) is 3.10. The summed E-state index contributed by atoms with van der Waals surface area (Å²) in [5.41, 5.74) is 0. The Balaban J connectivity index is 3.23. The Hall–Kier alpha value is -1.46. The molecular weight excluding hydrogens is 136 g/mol. The number of aryl methyl sites for hydroxylation is 2. The molecule has 6 nitrogen and oxygen atoms in total. The average molecular weight is 143 g/mol. The zero-order valence-electron chi connectivity index (χ0n) is 5.68. The van der Waals surface area contributed by atoms with Crippen molar-refractivity contribution in [1.82, 2.24) is 9.78 Å². The molecule has 0 spiro atoms. The summed E-state index contributed by atoms with van der Waals surface area (Å²) in [4.78, 5) is 9.75. The predicted molar refractivity (Wildman–Crippen MR) is 31.0 cm³/mol. The molecule has 0 bridgehead atoms. The first-order chi connectivity index (χ1) is 4.63. The lowest BCUT2D eigenvalue weighted by atomic mass is 10.9. The van der Waals surface area contributed by atoms with E-state index in [0.29, 0.717) is 0 Å². The third kappa shape index (κ3) is 0.831. The molecule has 0 unspecified atom stereocenters. The summed E-state index contributed by atoms with van der Waals surface area (Å²) in [6.07, 6.45) is 1.39. The molecule has 0 radical (unpaired) electrons. The second-order valence-corrected chi connectivity index (χ2v) is 1.92. The molecule has 1 aromatic rings. The molecule has 1 heterocycles. The molecule has 0 aliphatic heterocycles. The first-order valence-corrected chi connectivity index (χ1v) is 2.65. The van der Waals surface area contributed by atoms with Gasteiger partial charge < -0.3 is 10.1 Å². The van der Waals surface area contributed by atoms with Crippen molar-refractivity contribution in [3.63, 3.8) is 0 Å². The smallest absolute Gasteiger partial charge is 0.355 e. The van der Waals surface area contributed by atoms with Crippen LogP contribution < -0.4 is 4.57 Å². The minimum atomic E-state index is -0.479. The maximum atomic E-state index is 10.2. The van der Waals surface area contributed by atoms with E-state index in [1.54, 1.807) is 7.05 Å². The molecule has 0 saturated carbocycles. The second-order valence-electron chi connectivity index (χ2n) is 1.92. The zero-order valence-corrected chi connectivity index (χ0v) is 5.68. The average Bonchev–Trinajstić information content (AvgIpc) is 2.11. The van der Waals surface area contributed by atoms with E-state index >= 15 is 0 Å². The highest BCUT2D eigenvalue weighted by Gasteiger charge is 2.22. The van der Waals surface area contributed by atoms with Gasteiger partial charge in [0.05, 0.1) is 7.05 Å². The third-order valence-corrected chi connectivity index (χ3v) is 1.17. The van der Waals surface area contributed by atoms with Gasteiger partial charge in [0.1, 0.15) is 12.1 Å². The van der Waals surface area contributed by atoms with Crippen LogP contribution in [0.2, 0.25) is 0 Å². The van der Waals surface area contributed by atoms with E-state index in [4.69, 9.17) is 0 Å². The van der Waals surface area contributed by atoms with Gasteiger partial charge in [-0.2, -0.15) is 4.57 Å². The topological polar surface area (TPSA) is 64.8 Å². The van der Waals surface area contributed by atoms with E-state index in [-0.39, 0.29) is 5.95 Å². The fraction of sp³-hybridized carbons (Fsp3) is 0.500. The first kappa shape index (κ1) is 6.66. The lowest BCUT2D eigenvalue weighted by Gasteiger charge is -1.86. The lowest BCUT2D eigenvalue weighted by molar-refractivity contribution is -0.717. The molecule has 0 N–H and O–H groups in total. The van der Waals surface area contributed by atoms with Crippen molar-refractivity contribution in [3.05, 3.63) is 16.4 Å². The van der Waals surface area contributed by atoms with Gasteiger partial charge in [0.15, 0.2) is 0 Å². The summed E-state index contributed by atoms with van der Waals surface area (Å²) < 4.78 is 2.56. The van der Waals surface area contributed by atoms with E-state index in [0.717, 1.165) is 0 Å². The Labute approximate surface area is 56.9 Å². The van der Waals surface area contributed by atoms with Gasteiger partial charge in [-0.05, 0) is 4.68 Å². The highest BCUT2D eigenvalue weighted by atomic mass is 16.6. The van der Waals surface area contributed by atoms with Crippen LogP contribution in [0.1, 0.15) is 0 Å². The summed E-state index contributed by atoms with van der Waals surface area (Å²) in [6, 6.07) is 0. The van der Waals surface area contributed by atoms with Gasteiger partial charge in [0, 0.05) is 4.92 Å². The van der Waals surface area contributed by atoms with Gasteiger partial charge in [-0.15, -0.1) is 0 Å². The van der Waals surface area contributed by atoms with Crippen LogP contribution in [0, 0.1) is 10.1 Å². The molecule has 0 saturated heterocycles. The molecule has 10 heavy (non-hydrogen) atoms. The highest BCUT2D eigenvalue weighted by Crippen LogP contribution is 1.96. The van der Waals surface area contributed by atoms with Crippen LogP contribution in [-0.2, 0) is 14.1 Å². The number of hydrogen-bond donors (Lipinski definition) is 0. The third-order valence-electron chi connectivity index (χ3n) is 1.17. The molecule has 0 amide bonds. The van der Waals surface area contributed by atoms with Crippen molar-refractivity contribution in [1.29, 1.82) is 0 Å². The lowest BCUT2D eigenvalue weighted by Crippen LogP contribution is -2.29. The predicted octanol–water partition coefficient (Wildman–Crippen LogP) is -0.847. The Morgan fingerprint density at radius 2 is 2.50 bits per heavy atom. The summed E-state index contributed by atoms with van der Waals surface area (Å²) in [5.74, 6) is -0.0278. The Bertz CT molecular complexity index is 247. The van der Waals surface area contributed by atoms with Gasteiger partial charge in [0.2, 0.25) is 0 Å². The van der Waals surface area contributed by atoms with Crippen LogP contribution in [0.5, 0.6) is 0 Å². The number of hydrogen-bond acceptors (Lipinski definition) is 3. The van der Waals surface area contributed by atoms with Crippen molar-refractivity contribution >= 4 is 5.95 Å². The molecule has 1 aromatic heterocycles. The van der Waals surface area contributed by atoms with Crippen molar-refractivity contribution in [2.75, 3.05) is 0 Å². The van der Waals surface area contributed by atoms with Gasteiger partial charge in [-0.3, -0.25) is 0 Å². The SMILES string of the molecule is Cn1nc[n+](C)c1[N+](=O)[O-]. The number of nitrogens with zero attached hydrogens (tertiary/aromatic N) is 4. The largest absolute Gasteiger partial charge is 0.532 e. The van der Waals surface area contributed by atoms with E-state index < -0.39 is 4.92 Å². The van der Waals surface area contributed by atoms with E-state index in [9.17, 15) is 10.1 Å². The van der Waals surface area contributed by atoms with Crippen LogP contribution in [0.4, 0.5) is 5.95 Å². The molecule has 1 rings (SSSR count). The highest BCUT2D eigenvalue weighted by molar-refractivity contribution is 4.88. The fourth-order valence-electron chi connectivity index (χ4n) is 0.733. The minimum absolute atomic E-state index is 0.0278. The molecule has 0 aliphatic carbocycles. The summed E-state index contributed by atoms with van der Waals surface area (Å²) in [6.45, 7) is 0. The minimum Gasteiger partial charge on any atom is -0.355 e. The quantitative estimate of drug-likeness (QED) is 0.292. The van der Waals surface area contributed by atoms with Crippen LogP contribution >= 0.6 is 0 Å². The van der Waals surface area contributed by atoms with Crippen molar-refractivity contribution in [2.45, 2.75) is 0 Å². The monoisotopic (exact) mass is 143 g/mol. The van der Waals surface area contributed by atoms with Crippen LogP contribution in [0.3, 0.4) is 0 Å². The first-order valence-electron chi connectivity index (χ1n) is 2.65. The number of aromatic nitrogens is 3. The number of rotatable bonds is 1. The van der Waals surface area contributed by atoms with Gasteiger partial charge in [-0.25, -0.2) is 0 Å². The van der Waals surface area contributed by atoms with Crippen LogP contribution in [0.25, 0.3) is 0 Å². The normalized spacial score (nSPS) is 9.80. The molecule has 0 atom stereocenters. The van der Waals surface area contributed by atoms with Crippen LogP contribution in [-0.4, -0.2) is 14.7 Å². The van der Waals surface area contributed by atoms with Crippen molar-refractivity contribution in [2.24, 2.45) is 14.1 Å². The van der Waals surface area contributed by atoms with Gasteiger partial charge in [-0.1, -0.05) is 0 Å². The van der Waals surface area contributed by atoms with Crippen LogP contribution in [0.15, 0.2) is 6.33 Å². The Morgan fingerprint density at radius 1 is 1.90 bits per heavy atom. The van der Waals surface area contributed by atoms with E-state index in [2.05, 4.69) is 5.10 Å². The van der Waals surface area contributed by atoms with E-state index in [1.807, 2.05) is 0 Å². The number of nitro groups is 1. The van der Waals surface area contributed by atoms with E-state index in [1.165, 1.54) is 22.6 Å². The second kappa shape index (κ2) is 2.05. The standard InChI is InChI=1S/C4H7N4O2/c1-6-3-5-7(2)4(6)8(9)10/h3H,1-2H3/q+1. The molecule has 6 heteroatoms. The van der Waals surface area contributed by atoms with Gasteiger partial charge >= 0.3 is 12.3 Å². The zero-order chi connectivity index (χ0) is 7.72. The molecule has 0 aliphatic rings. The van der Waals surface area contributed by atoms with Crippen molar-refractivity contribution < 1.29 is 9.49 Å². The Morgan fingerprint density at radius 3 is 2.70 bits per heavy atom. The molecule has 54 valence electrons. The Kier molecular flexibility index (Phi) is 1.37.